The molecule has 4 N–H and O–H groups in total. The molecule has 44 heavy (non-hydrogen) atoms. The smallest absolute Gasteiger partial charge is 0.315 e. The maximum Gasteiger partial charge on any atom is 0.315 e. The predicted molar refractivity (Wildman–Crippen MR) is 179 cm³/mol. The van der Waals surface area contributed by atoms with Crippen LogP contribution in [0.15, 0.2) is 25.3 Å². The summed E-state index contributed by atoms with van der Waals surface area (Å²) in [6.45, 7) is 18.9. The zero-order chi connectivity index (χ0) is 33.9. The molecule has 3 unspecified atom stereocenters. The van der Waals surface area contributed by atoms with Crippen LogP contribution in [0.5, 0.6) is 0 Å². The Kier molecular flexibility index (Phi) is 20.7. The first-order valence-electron chi connectivity index (χ1n) is 15.6. The third-order valence-corrected chi connectivity index (χ3v) is 7.22. The number of nitrogens with one attached hydrogen (secondary N) is 4. The molecule has 1 saturated carbocycles. The molecular formula is C32H55Cl2N5O5. The minimum absolute atomic E-state index is 0.00916. The molecule has 0 bridgehead atoms. The third-order valence-electron chi connectivity index (χ3n) is 7.22. The molecule has 0 spiro atoms. The van der Waals surface area contributed by atoms with Crippen molar-refractivity contribution >= 4 is 52.7 Å². The Labute approximate surface area is 274 Å². The minimum atomic E-state index is -0.991. The molecule has 0 radical (unpaired) electrons. The van der Waals surface area contributed by atoms with Gasteiger partial charge in [0.2, 0.25) is 17.6 Å². The molecule has 10 nitrogen and oxygen atoms in total. The number of nitrogens with zero attached hydrogens (tertiary/aromatic N) is 1. The lowest BCUT2D eigenvalue weighted by Crippen LogP contribution is -2.60. The quantitative estimate of drug-likeness (QED) is 0.140. The molecule has 1 aliphatic carbocycles. The Morgan fingerprint density at radius 2 is 1.55 bits per heavy atom. The van der Waals surface area contributed by atoms with Gasteiger partial charge in [-0.3, -0.25) is 19.2 Å². The highest BCUT2D eigenvalue weighted by Crippen LogP contribution is 2.30. The zero-order valence-corrected chi connectivity index (χ0v) is 29.0. The summed E-state index contributed by atoms with van der Waals surface area (Å²) in [6.07, 6.45) is 9.85. The number of amides is 5. The van der Waals surface area contributed by atoms with Gasteiger partial charge in [-0.25, -0.2) is 4.79 Å². The first-order chi connectivity index (χ1) is 20.7. The van der Waals surface area contributed by atoms with E-state index in [2.05, 4.69) is 41.3 Å². The average molecular weight is 661 g/mol. The lowest BCUT2D eigenvalue weighted by Gasteiger charge is -2.35. The van der Waals surface area contributed by atoms with E-state index in [0.29, 0.717) is 13.0 Å². The normalized spacial score (nSPS) is 19.4. The van der Waals surface area contributed by atoms with Gasteiger partial charge in [-0.1, -0.05) is 52.2 Å². The number of hydrogen-bond donors (Lipinski definition) is 4. The zero-order valence-electron chi connectivity index (χ0n) is 27.5. The van der Waals surface area contributed by atoms with E-state index in [-0.39, 0.29) is 36.0 Å². The second-order valence-corrected chi connectivity index (χ2v) is 13.0. The monoisotopic (exact) mass is 659 g/mol. The van der Waals surface area contributed by atoms with Gasteiger partial charge in [0.05, 0.1) is 11.4 Å². The minimum Gasteiger partial charge on any atom is -0.346 e. The van der Waals surface area contributed by atoms with E-state index in [1.54, 1.807) is 11.8 Å². The number of Topliss-reactive ketones (excluding diaryl/α,β-unsaturated/α-hetero) is 1. The number of hydrogen-bond acceptors (Lipinski definition) is 5. The summed E-state index contributed by atoms with van der Waals surface area (Å²) in [6, 6.07) is -2.92. The van der Waals surface area contributed by atoms with Crippen LogP contribution in [0.1, 0.15) is 92.9 Å². The summed E-state index contributed by atoms with van der Waals surface area (Å²) in [5.74, 6) is -2.19. The van der Waals surface area contributed by atoms with Gasteiger partial charge in [0, 0.05) is 18.6 Å². The van der Waals surface area contributed by atoms with Gasteiger partial charge in [0.1, 0.15) is 12.1 Å². The highest BCUT2D eigenvalue weighted by Gasteiger charge is 2.43. The van der Waals surface area contributed by atoms with Gasteiger partial charge in [0.15, 0.2) is 0 Å². The van der Waals surface area contributed by atoms with Crippen molar-refractivity contribution in [3.8, 4) is 0 Å². The maximum absolute atomic E-state index is 13.9. The van der Waals surface area contributed by atoms with Gasteiger partial charge >= 0.3 is 6.03 Å². The number of likely N-dealkylation sites (tertiary alicyclic amines) is 1. The van der Waals surface area contributed by atoms with E-state index in [0.717, 1.165) is 38.5 Å². The Morgan fingerprint density at radius 3 is 2.02 bits per heavy atom. The van der Waals surface area contributed by atoms with Gasteiger partial charge in [-0.05, 0) is 64.7 Å². The van der Waals surface area contributed by atoms with Crippen molar-refractivity contribution in [2.75, 3.05) is 18.4 Å². The molecule has 1 heterocycles. The Bertz CT molecular complexity index is 950. The Hall–Kier alpha value is -2.59. The van der Waals surface area contributed by atoms with Gasteiger partial charge in [-0.15, -0.1) is 36.4 Å². The lowest BCUT2D eigenvalue weighted by molar-refractivity contribution is -0.143. The summed E-state index contributed by atoms with van der Waals surface area (Å²) < 4.78 is 0. The highest BCUT2D eigenvalue weighted by atomic mass is 35.5. The van der Waals surface area contributed by atoms with Crippen LogP contribution in [0.25, 0.3) is 0 Å². The summed E-state index contributed by atoms with van der Waals surface area (Å²) in [5, 5.41) is 11.1. The predicted octanol–water partition coefficient (Wildman–Crippen LogP) is 5.04. The van der Waals surface area contributed by atoms with E-state index in [1.807, 2.05) is 33.8 Å². The Balaban J connectivity index is 0.00000239. The first kappa shape index (κ1) is 41.4. The van der Waals surface area contributed by atoms with Crippen molar-refractivity contribution in [3.63, 3.8) is 0 Å². The molecule has 0 aromatic heterocycles. The first-order valence-corrected chi connectivity index (χ1v) is 16.6. The van der Waals surface area contributed by atoms with Crippen molar-refractivity contribution in [2.45, 2.75) is 117 Å². The number of urea groups is 1. The van der Waals surface area contributed by atoms with Crippen LogP contribution in [0.4, 0.5) is 4.79 Å². The molecule has 1 aliphatic heterocycles. The lowest BCUT2D eigenvalue weighted by atomic mass is 9.83. The molecule has 2 fully saturated rings. The van der Waals surface area contributed by atoms with E-state index < -0.39 is 47.3 Å². The maximum atomic E-state index is 13.9. The molecule has 0 aromatic rings. The molecule has 2 rings (SSSR count). The van der Waals surface area contributed by atoms with Crippen LogP contribution in [0.3, 0.4) is 0 Å². The van der Waals surface area contributed by atoms with Crippen LogP contribution in [0.2, 0.25) is 0 Å². The van der Waals surface area contributed by atoms with E-state index >= 15 is 0 Å². The summed E-state index contributed by atoms with van der Waals surface area (Å²) in [7, 11) is 0. The number of allylic oxidation sites excluding steroid dienone is 1. The molecule has 1 saturated heterocycles. The molecule has 12 heteroatoms. The van der Waals surface area contributed by atoms with Crippen LogP contribution in [0, 0.1) is 11.8 Å². The summed E-state index contributed by atoms with van der Waals surface area (Å²) >= 11 is 9.53. The van der Waals surface area contributed by atoms with Crippen molar-refractivity contribution < 1.29 is 24.0 Å². The number of halogens is 2. The van der Waals surface area contributed by atoms with E-state index in [1.165, 1.54) is 6.08 Å². The van der Waals surface area contributed by atoms with Crippen LogP contribution >= 0.6 is 23.2 Å². The number of rotatable bonds is 11. The number of ketones is 1. The van der Waals surface area contributed by atoms with Crippen molar-refractivity contribution in [3.05, 3.63) is 25.3 Å². The van der Waals surface area contributed by atoms with Crippen LogP contribution in [-0.4, -0.2) is 76.5 Å². The average Bonchev–Trinajstić information content (AvgIpc) is 3.38. The molecule has 0 aromatic carbocycles. The summed E-state index contributed by atoms with van der Waals surface area (Å²) in [4.78, 5) is 66.2. The fourth-order valence-corrected chi connectivity index (χ4v) is 5.11. The largest absolute Gasteiger partial charge is 0.346 e. The van der Waals surface area contributed by atoms with Crippen molar-refractivity contribution in [1.29, 1.82) is 0 Å². The number of carbonyl (C=O) groups excluding carboxylic acids is 5. The van der Waals surface area contributed by atoms with Gasteiger partial charge in [0.25, 0.3) is 5.91 Å². The molecule has 252 valence electrons. The third kappa shape index (κ3) is 15.4. The fraction of sp³-hybridized carbons (Fsp3) is 0.719. The fourth-order valence-electron chi connectivity index (χ4n) is 5.11. The Morgan fingerprint density at radius 1 is 0.977 bits per heavy atom. The highest BCUT2D eigenvalue weighted by molar-refractivity contribution is 6.40. The number of carbonyl (C=O) groups is 5. The molecular weight excluding hydrogens is 605 g/mol. The summed E-state index contributed by atoms with van der Waals surface area (Å²) in [5.41, 5.74) is -0.464. The van der Waals surface area contributed by atoms with E-state index in [9.17, 15) is 24.0 Å². The topological polar surface area (TPSA) is 137 Å². The van der Waals surface area contributed by atoms with Gasteiger partial charge in [-0.2, -0.15) is 0 Å². The van der Waals surface area contributed by atoms with Crippen molar-refractivity contribution in [2.24, 2.45) is 11.8 Å². The molecule has 5 amide bonds. The second-order valence-electron chi connectivity index (χ2n) is 12.2. The van der Waals surface area contributed by atoms with Crippen LogP contribution < -0.4 is 21.3 Å². The molecule has 4 atom stereocenters. The van der Waals surface area contributed by atoms with E-state index in [4.69, 9.17) is 23.2 Å². The standard InChI is InChI=1S/C27H45N5O5.C4H8.CH2Cl2/c1-7-14-28-24(35)22(33)19(8-2)29-23(34)20-15-17(3)16-32(20)25(36)21(18-12-10-9-11-13-18)30-26(37)31-27(4,5)6;1-3-4-2;2-1-3/h7,17-21H,1,8-16H2,2-6H3,(H,28,35)(H,29,34)(H2,30,31,37);3H,1,4H2,2H3;1H2/t17-,19?,20?,21?;;/m1../s1. The van der Waals surface area contributed by atoms with Gasteiger partial charge < -0.3 is 26.2 Å². The second kappa shape index (κ2) is 22.0. The van der Waals surface area contributed by atoms with Crippen molar-refractivity contribution in [1.82, 2.24) is 26.2 Å². The SMILES string of the molecule is C=CCC.C=CCNC(=O)C(=O)C(CC)NC(=O)C1C[C@@H](C)CN1C(=O)C(NC(=O)NC(C)(C)C)C1CCCCC1.ClCCl. The number of alkyl halides is 2. The molecule has 2 aliphatic rings. The van der Waals surface area contributed by atoms with Crippen LogP contribution in [-0.2, 0) is 19.2 Å².